The van der Waals surface area contributed by atoms with Crippen LogP contribution in [0.25, 0.3) is 0 Å². The van der Waals surface area contributed by atoms with E-state index in [1.165, 1.54) is 6.33 Å². The number of fused-ring (bicyclic) bond motifs is 2. The van der Waals surface area contributed by atoms with Crippen molar-refractivity contribution in [1.82, 2.24) is 24.8 Å². The van der Waals surface area contributed by atoms with Gasteiger partial charge in [0.15, 0.2) is 0 Å². The molecule has 2 atom stereocenters. The molecule has 2 aliphatic heterocycles. The second-order valence-electron chi connectivity index (χ2n) is 7.30. The molecular weight excluding hydrogens is 332 g/mol. The molecule has 26 heavy (non-hydrogen) atoms. The molecule has 2 saturated heterocycles. The third-order valence-corrected chi connectivity index (χ3v) is 5.44. The molecular formula is C18H20N6O2. The first kappa shape index (κ1) is 15.6. The minimum Gasteiger partial charge on any atom is -0.371 e. The van der Waals surface area contributed by atoms with E-state index < -0.39 is 0 Å². The summed E-state index contributed by atoms with van der Waals surface area (Å²) in [6, 6.07) is 0. The van der Waals surface area contributed by atoms with Gasteiger partial charge in [0.25, 0.3) is 5.91 Å². The standard InChI is InChI=1S/C18H20N6O2/c25-16(24-9-14-1-2-15(10-24)26-14)12-5-21-17(22-6-12)23-18(3-4-18)13-7-19-11-20-8-13/h5-8,11,14-15H,1-4,9-10H2,(H,21,22,23)/t14-,15+. The lowest BCUT2D eigenvalue weighted by atomic mass is 10.1. The third-order valence-electron chi connectivity index (χ3n) is 5.44. The van der Waals surface area contributed by atoms with Crippen molar-refractivity contribution in [1.29, 1.82) is 0 Å². The van der Waals surface area contributed by atoms with Gasteiger partial charge in [-0.2, -0.15) is 0 Å². The minimum atomic E-state index is -0.184. The number of aromatic nitrogens is 4. The quantitative estimate of drug-likeness (QED) is 0.888. The van der Waals surface area contributed by atoms with Gasteiger partial charge < -0.3 is 15.0 Å². The van der Waals surface area contributed by atoms with Crippen molar-refractivity contribution in [2.45, 2.75) is 43.4 Å². The fraction of sp³-hybridized carbons (Fsp3) is 0.500. The number of nitrogens with one attached hydrogen (secondary N) is 1. The molecule has 5 rings (SSSR count). The zero-order valence-corrected chi connectivity index (χ0v) is 14.3. The van der Waals surface area contributed by atoms with E-state index in [4.69, 9.17) is 4.74 Å². The van der Waals surface area contributed by atoms with Crippen LogP contribution >= 0.6 is 0 Å². The van der Waals surface area contributed by atoms with Crippen LogP contribution in [0.3, 0.4) is 0 Å². The first-order valence-corrected chi connectivity index (χ1v) is 9.02. The fourth-order valence-corrected chi connectivity index (χ4v) is 3.84. The van der Waals surface area contributed by atoms with Crippen molar-refractivity contribution in [2.75, 3.05) is 18.4 Å². The highest BCUT2D eigenvalue weighted by atomic mass is 16.5. The number of rotatable bonds is 4. The van der Waals surface area contributed by atoms with E-state index in [1.807, 2.05) is 17.3 Å². The summed E-state index contributed by atoms with van der Waals surface area (Å²) in [5.41, 5.74) is 1.37. The number of hydrogen-bond donors (Lipinski definition) is 1. The van der Waals surface area contributed by atoms with E-state index in [2.05, 4.69) is 25.3 Å². The predicted octanol–water partition coefficient (Wildman–Crippen LogP) is 1.37. The Balaban J connectivity index is 1.28. The van der Waals surface area contributed by atoms with Crippen LogP contribution < -0.4 is 5.32 Å². The number of carbonyl (C=O) groups is 1. The molecule has 2 aromatic heterocycles. The number of amides is 1. The average molecular weight is 352 g/mol. The highest BCUT2D eigenvalue weighted by Gasteiger charge is 2.45. The van der Waals surface area contributed by atoms with E-state index in [-0.39, 0.29) is 23.7 Å². The van der Waals surface area contributed by atoms with Crippen molar-refractivity contribution in [2.24, 2.45) is 0 Å². The smallest absolute Gasteiger partial charge is 0.257 e. The van der Waals surface area contributed by atoms with E-state index in [1.54, 1.807) is 12.4 Å². The Kier molecular flexibility index (Phi) is 3.59. The molecule has 3 fully saturated rings. The number of anilines is 1. The summed E-state index contributed by atoms with van der Waals surface area (Å²) in [5, 5.41) is 3.37. The van der Waals surface area contributed by atoms with Gasteiger partial charge in [0.2, 0.25) is 5.95 Å². The zero-order chi connectivity index (χ0) is 17.6. The zero-order valence-electron chi connectivity index (χ0n) is 14.3. The monoisotopic (exact) mass is 352 g/mol. The maximum Gasteiger partial charge on any atom is 0.257 e. The summed E-state index contributed by atoms with van der Waals surface area (Å²) < 4.78 is 5.79. The summed E-state index contributed by atoms with van der Waals surface area (Å²) >= 11 is 0. The molecule has 0 aromatic carbocycles. The van der Waals surface area contributed by atoms with Gasteiger partial charge in [0, 0.05) is 43.4 Å². The van der Waals surface area contributed by atoms with Crippen LogP contribution in [0.2, 0.25) is 0 Å². The van der Waals surface area contributed by atoms with Crippen LogP contribution in [0.15, 0.2) is 31.1 Å². The number of likely N-dealkylation sites (tertiary alicyclic amines) is 1. The molecule has 134 valence electrons. The number of morpholine rings is 1. The predicted molar refractivity (Wildman–Crippen MR) is 92.4 cm³/mol. The lowest BCUT2D eigenvalue weighted by molar-refractivity contribution is -0.0303. The minimum absolute atomic E-state index is 0.0191. The van der Waals surface area contributed by atoms with E-state index >= 15 is 0 Å². The van der Waals surface area contributed by atoms with Gasteiger partial charge in [-0.3, -0.25) is 4.79 Å². The fourth-order valence-electron chi connectivity index (χ4n) is 3.84. The van der Waals surface area contributed by atoms with Gasteiger partial charge in [-0.15, -0.1) is 0 Å². The van der Waals surface area contributed by atoms with Crippen LogP contribution in [0, 0.1) is 0 Å². The number of carbonyl (C=O) groups excluding carboxylic acids is 1. The molecule has 8 heteroatoms. The first-order chi connectivity index (χ1) is 12.7. The maximum absolute atomic E-state index is 12.7. The van der Waals surface area contributed by atoms with Crippen LogP contribution in [-0.4, -0.2) is 56.0 Å². The summed E-state index contributed by atoms with van der Waals surface area (Å²) in [7, 11) is 0. The van der Waals surface area contributed by atoms with Gasteiger partial charge >= 0.3 is 0 Å². The van der Waals surface area contributed by atoms with Crippen LogP contribution in [-0.2, 0) is 10.3 Å². The van der Waals surface area contributed by atoms with E-state index in [9.17, 15) is 4.79 Å². The Bertz CT molecular complexity index is 796. The third kappa shape index (κ3) is 2.80. The van der Waals surface area contributed by atoms with Crippen molar-refractivity contribution in [3.8, 4) is 0 Å². The Morgan fingerprint density at radius 1 is 1.08 bits per heavy atom. The lowest BCUT2D eigenvalue weighted by Crippen LogP contribution is -2.45. The second kappa shape index (κ2) is 5.98. The number of nitrogens with zero attached hydrogens (tertiary/aromatic N) is 5. The molecule has 4 heterocycles. The first-order valence-electron chi connectivity index (χ1n) is 9.02. The van der Waals surface area contributed by atoms with Crippen LogP contribution in [0.1, 0.15) is 41.6 Å². The molecule has 3 aliphatic rings. The summed E-state index contributed by atoms with van der Waals surface area (Å²) in [4.78, 5) is 31.5. The summed E-state index contributed by atoms with van der Waals surface area (Å²) in [6.45, 7) is 1.32. The van der Waals surface area contributed by atoms with Gasteiger partial charge in [-0.25, -0.2) is 19.9 Å². The van der Waals surface area contributed by atoms with Gasteiger partial charge in [-0.05, 0) is 25.7 Å². The Hall–Kier alpha value is -2.61. The molecule has 1 N–H and O–H groups in total. The van der Waals surface area contributed by atoms with E-state index in [0.717, 1.165) is 31.2 Å². The molecule has 1 aliphatic carbocycles. The summed E-state index contributed by atoms with van der Waals surface area (Å²) in [5.74, 6) is 0.499. The normalized spacial score (nSPS) is 25.8. The van der Waals surface area contributed by atoms with E-state index in [0.29, 0.717) is 24.6 Å². The molecule has 1 saturated carbocycles. The highest BCUT2D eigenvalue weighted by Crippen LogP contribution is 2.47. The SMILES string of the molecule is O=C(c1cnc(NC2(c3cncnc3)CC2)nc1)N1C[C@H]2CC[C@@H](C1)O2. The molecule has 0 radical (unpaired) electrons. The van der Waals surface area contributed by atoms with Crippen LogP contribution in [0.4, 0.5) is 5.95 Å². The number of hydrogen-bond acceptors (Lipinski definition) is 7. The molecule has 0 unspecified atom stereocenters. The highest BCUT2D eigenvalue weighted by molar-refractivity contribution is 5.93. The van der Waals surface area contributed by atoms with Gasteiger partial charge in [0.05, 0.1) is 23.3 Å². The Morgan fingerprint density at radius 2 is 1.73 bits per heavy atom. The lowest BCUT2D eigenvalue weighted by Gasteiger charge is -2.32. The molecule has 8 nitrogen and oxygen atoms in total. The van der Waals surface area contributed by atoms with Gasteiger partial charge in [0.1, 0.15) is 6.33 Å². The molecule has 1 amide bonds. The average Bonchev–Trinajstić information content (AvgIpc) is 3.40. The van der Waals surface area contributed by atoms with Gasteiger partial charge in [-0.1, -0.05) is 0 Å². The van der Waals surface area contributed by atoms with Crippen LogP contribution in [0.5, 0.6) is 0 Å². The topological polar surface area (TPSA) is 93.1 Å². The summed E-state index contributed by atoms with van der Waals surface area (Å²) in [6.07, 6.45) is 12.8. The Labute approximate surface area is 151 Å². The second-order valence-corrected chi connectivity index (χ2v) is 7.30. The molecule has 2 aromatic rings. The Morgan fingerprint density at radius 3 is 2.35 bits per heavy atom. The van der Waals surface area contributed by atoms with Crippen molar-refractivity contribution >= 4 is 11.9 Å². The largest absolute Gasteiger partial charge is 0.371 e. The molecule has 0 spiro atoms. The van der Waals surface area contributed by atoms with Crippen molar-refractivity contribution in [3.05, 3.63) is 42.2 Å². The van der Waals surface area contributed by atoms with Crippen molar-refractivity contribution in [3.63, 3.8) is 0 Å². The molecule has 2 bridgehead atoms. The number of ether oxygens (including phenoxy) is 1. The van der Waals surface area contributed by atoms with Crippen molar-refractivity contribution < 1.29 is 9.53 Å². The maximum atomic E-state index is 12.7.